The van der Waals surface area contributed by atoms with Gasteiger partial charge in [0.25, 0.3) is 0 Å². The molecule has 0 atom stereocenters. The molecule has 16 heavy (non-hydrogen) atoms. The molecular weight excluding hydrogens is 468 g/mol. The van der Waals surface area contributed by atoms with Crippen LogP contribution in [0.25, 0.3) is 0 Å². The third-order valence-corrected chi connectivity index (χ3v) is 0. The Bertz CT molecular complexity index is 103. The van der Waals surface area contributed by atoms with E-state index < -0.39 is 0 Å². The zero-order chi connectivity index (χ0) is 12.0. The van der Waals surface area contributed by atoms with Crippen LogP contribution >= 0.6 is 0 Å². The average molecular weight is 468 g/mol. The molecule has 0 N–H and O–H groups in total. The van der Waals surface area contributed by atoms with Gasteiger partial charge in [0.15, 0.2) is 0 Å². The van der Waals surface area contributed by atoms with E-state index in [-0.39, 0.29) is 192 Å². The molecule has 0 aliphatic heterocycles. The Kier molecular flexibility index (Phi) is 2950. The molecule has 0 radical (unpaired) electrons. The Balaban J connectivity index is -0.00000000321. The second kappa shape index (κ2) is 616. The summed E-state index contributed by atoms with van der Waals surface area (Å²) in [4.78, 5) is 0. The van der Waals surface area contributed by atoms with Crippen molar-refractivity contribution in [3.63, 3.8) is 0 Å². The summed E-state index contributed by atoms with van der Waals surface area (Å²) >= 11 is 0. The molecule has 0 saturated heterocycles. The Hall–Kier alpha value is 2.88. The van der Waals surface area contributed by atoms with Gasteiger partial charge in [0.2, 0.25) is 0 Å². The van der Waals surface area contributed by atoms with Crippen LogP contribution in [0, 0.1) is 71.0 Å². The van der Waals surface area contributed by atoms with E-state index in [4.69, 9.17) is 71.0 Å². The molecule has 62 valence electrons. The summed E-state index contributed by atoms with van der Waals surface area (Å²) in [6, 6.07) is 0. The Morgan fingerprint density at radius 1 is 0.312 bits per heavy atom. The quantitative estimate of drug-likeness (QED) is 0.255. The van der Waals surface area contributed by atoms with Crippen molar-refractivity contribution in [1.82, 2.24) is 0 Å². The molecule has 0 spiro atoms. The van der Waals surface area contributed by atoms with Gasteiger partial charge in [0, 0.05) is 0 Å². The van der Waals surface area contributed by atoms with Crippen molar-refractivity contribution in [1.29, 1.82) is 31.6 Å². The average Bonchev–Trinajstić information content (AvgIpc) is 2.33. The number of rotatable bonds is 0. The number of nitrogens with zero attached hydrogens (tertiary/aromatic N) is 6. The normalized spacial score (nSPS) is 0.750. The largest absolute Gasteiger partial charge is 6.00 e. The van der Waals surface area contributed by atoms with Crippen LogP contribution in [0.4, 0.5) is 0 Å². The summed E-state index contributed by atoms with van der Waals surface area (Å²) in [5.41, 5.74) is 0. The van der Waals surface area contributed by atoms with Crippen LogP contribution in [0.5, 0.6) is 0 Å². The third kappa shape index (κ3) is 514. The van der Waals surface area contributed by atoms with E-state index in [0.29, 0.717) is 0 Å². The second-order valence-electron chi connectivity index (χ2n) is 0. The van der Waals surface area contributed by atoms with Crippen molar-refractivity contribution >= 4 is 0 Å². The van der Waals surface area contributed by atoms with E-state index in [9.17, 15) is 0 Å². The summed E-state index contributed by atoms with van der Waals surface area (Å²) < 4.78 is 0. The van der Waals surface area contributed by atoms with Crippen LogP contribution in [0.2, 0.25) is 0 Å². The molecule has 10 heteroatoms. The molecule has 0 aliphatic rings. The molecular formula is C6FeN6Rb3+3. The standard InChI is InChI=1S/6CN.Fe.3Rb/c6*1-2;;;;/q6*-1;+6;3*+1. The van der Waals surface area contributed by atoms with E-state index in [1.165, 1.54) is 0 Å². The van der Waals surface area contributed by atoms with Crippen LogP contribution in [0.15, 0.2) is 0 Å². The van der Waals surface area contributed by atoms with Gasteiger partial charge in [-0.3, -0.25) is 0 Å². The predicted molar refractivity (Wildman–Crippen MR) is 29.8 cm³/mol. The molecule has 0 aromatic carbocycles. The smallest absolute Gasteiger partial charge is 0.512 e. The van der Waals surface area contributed by atoms with Crippen LogP contribution in [-0.2, 0) is 17.1 Å². The molecule has 0 aromatic heterocycles. The maximum Gasteiger partial charge on any atom is 6.00 e. The fourth-order valence-corrected chi connectivity index (χ4v) is 0. The van der Waals surface area contributed by atoms with Gasteiger partial charge in [-0.25, -0.2) is 0 Å². The Labute approximate surface area is 254 Å². The fraction of sp³-hybridized carbons (Fsp3) is 0. The maximum atomic E-state index is 6.25. The summed E-state index contributed by atoms with van der Waals surface area (Å²) in [6.45, 7) is 28.5. The van der Waals surface area contributed by atoms with Crippen molar-refractivity contribution in [2.75, 3.05) is 0 Å². The molecule has 0 rings (SSSR count). The summed E-state index contributed by atoms with van der Waals surface area (Å²) in [6.07, 6.45) is 0. The molecule has 0 unspecified atom stereocenters. The Morgan fingerprint density at radius 3 is 0.312 bits per heavy atom. The molecule has 6 nitrogen and oxygen atoms in total. The van der Waals surface area contributed by atoms with Gasteiger partial charge in [-0.1, -0.05) is 0 Å². The van der Waals surface area contributed by atoms with E-state index in [0.717, 1.165) is 0 Å². The minimum absolute atomic E-state index is 0. The van der Waals surface area contributed by atoms with Crippen LogP contribution in [-0.4, -0.2) is 0 Å². The van der Waals surface area contributed by atoms with Gasteiger partial charge in [-0.15, -0.1) is 0 Å². The Morgan fingerprint density at radius 2 is 0.312 bits per heavy atom. The van der Waals surface area contributed by atoms with Crippen molar-refractivity contribution in [2.24, 2.45) is 0 Å². The zero-order valence-electron chi connectivity index (χ0n) is 9.04. The molecule has 0 heterocycles. The van der Waals surface area contributed by atoms with Crippen molar-refractivity contribution < 1.29 is 192 Å². The van der Waals surface area contributed by atoms with E-state index in [1.54, 1.807) is 0 Å². The van der Waals surface area contributed by atoms with Gasteiger partial charge < -0.3 is 71.0 Å². The first-order valence-electron chi connectivity index (χ1n) is 1.34. The molecule has 0 bridgehead atoms. The van der Waals surface area contributed by atoms with Crippen LogP contribution in [0.1, 0.15) is 0 Å². The van der Waals surface area contributed by atoms with Crippen LogP contribution in [0.3, 0.4) is 0 Å². The fourth-order valence-electron chi connectivity index (χ4n) is 0. The summed E-state index contributed by atoms with van der Waals surface area (Å²) in [5.74, 6) is 0. The molecule has 0 fully saturated rings. The third-order valence-electron chi connectivity index (χ3n) is 0. The first kappa shape index (κ1) is 76.6. The number of hydrogen-bond donors (Lipinski definition) is 0. The first-order chi connectivity index (χ1) is 6.00. The van der Waals surface area contributed by atoms with Gasteiger partial charge in [0.1, 0.15) is 0 Å². The van der Waals surface area contributed by atoms with Gasteiger partial charge in [-0.05, 0) is 0 Å². The first-order valence-corrected chi connectivity index (χ1v) is 1.34. The van der Waals surface area contributed by atoms with Crippen molar-refractivity contribution in [3.8, 4) is 0 Å². The van der Waals surface area contributed by atoms with Gasteiger partial charge in [-0.2, -0.15) is 0 Å². The minimum atomic E-state index is 0. The van der Waals surface area contributed by atoms with Gasteiger partial charge >= 0.3 is 192 Å². The summed E-state index contributed by atoms with van der Waals surface area (Å²) in [7, 11) is 0. The van der Waals surface area contributed by atoms with Crippen LogP contribution < -0.4 is 175 Å². The van der Waals surface area contributed by atoms with Crippen molar-refractivity contribution in [2.45, 2.75) is 0 Å². The van der Waals surface area contributed by atoms with E-state index in [2.05, 4.69) is 0 Å². The van der Waals surface area contributed by atoms with E-state index in [1.807, 2.05) is 0 Å². The monoisotopic (exact) mass is 467 g/mol. The summed E-state index contributed by atoms with van der Waals surface area (Å²) in [5, 5.41) is 37.5. The number of hydrogen-bond acceptors (Lipinski definition) is 6. The predicted octanol–water partition coefficient (Wildman–Crippen LogP) is -8.41. The van der Waals surface area contributed by atoms with Gasteiger partial charge in [0.05, 0.1) is 0 Å². The molecule has 0 aromatic rings. The minimum Gasteiger partial charge on any atom is -0.512 e. The molecule has 0 amide bonds. The SMILES string of the molecule is [C-]#N.[C-]#N.[C-]#N.[C-]#N.[C-]#N.[C-]#N.[Fe+6].[Rb+].[Rb+].[Rb+]. The topological polar surface area (TPSA) is 143 Å². The second-order valence-corrected chi connectivity index (χ2v) is 0. The van der Waals surface area contributed by atoms with E-state index >= 15 is 0 Å². The zero-order valence-corrected chi connectivity index (χ0v) is 24.9. The van der Waals surface area contributed by atoms with Crippen molar-refractivity contribution in [3.05, 3.63) is 39.4 Å². The molecule has 0 aliphatic carbocycles. The maximum absolute atomic E-state index is 6.25. The molecule has 0 saturated carbocycles.